The van der Waals surface area contributed by atoms with E-state index in [0.717, 1.165) is 69.2 Å². The summed E-state index contributed by atoms with van der Waals surface area (Å²) >= 11 is 0. The molecule has 2 N–H and O–H groups in total. The largest absolute Gasteiger partial charge is 0.356 e. The summed E-state index contributed by atoms with van der Waals surface area (Å²) < 4.78 is 0. The number of likely N-dealkylation sites (N-methyl/N-ethyl adjacent to an activating group) is 1. The van der Waals surface area contributed by atoms with E-state index >= 15 is 0 Å². The maximum absolute atomic E-state index is 13.2. The van der Waals surface area contributed by atoms with Crippen LogP contribution in [0.4, 0.5) is 17.2 Å². The van der Waals surface area contributed by atoms with Crippen LogP contribution in [0.5, 0.6) is 0 Å². The van der Waals surface area contributed by atoms with Crippen LogP contribution in [0.3, 0.4) is 0 Å². The molecule has 40 heavy (non-hydrogen) atoms. The Morgan fingerprint density at radius 3 is 2.50 bits per heavy atom. The van der Waals surface area contributed by atoms with Crippen molar-refractivity contribution in [2.75, 3.05) is 61.8 Å². The molecule has 3 heterocycles. The third-order valence-electron chi connectivity index (χ3n) is 7.92. The second kappa shape index (κ2) is 12.6. The number of benzene rings is 2. The van der Waals surface area contributed by atoms with Gasteiger partial charge in [0.1, 0.15) is 5.82 Å². The Hall–Kier alpha value is -3.75. The van der Waals surface area contributed by atoms with Gasteiger partial charge in [-0.2, -0.15) is 0 Å². The van der Waals surface area contributed by atoms with Gasteiger partial charge in [0, 0.05) is 74.5 Å². The molecule has 2 fully saturated rings. The van der Waals surface area contributed by atoms with Crippen LogP contribution in [0.2, 0.25) is 0 Å². The zero-order valence-corrected chi connectivity index (χ0v) is 23.8. The van der Waals surface area contributed by atoms with Gasteiger partial charge >= 0.3 is 0 Å². The maximum Gasteiger partial charge on any atom is 0.255 e. The predicted molar refractivity (Wildman–Crippen MR) is 161 cm³/mol. The first-order chi connectivity index (χ1) is 19.3. The Morgan fingerprint density at radius 2 is 1.70 bits per heavy atom. The number of amides is 2. The Kier molecular flexibility index (Phi) is 8.77. The third-order valence-corrected chi connectivity index (χ3v) is 7.92. The molecule has 8 nitrogen and oxygen atoms in total. The van der Waals surface area contributed by atoms with Crippen molar-refractivity contribution in [3.8, 4) is 0 Å². The predicted octanol–water partition coefficient (Wildman–Crippen LogP) is 4.88. The number of aromatic nitrogens is 1. The fraction of sp³-hybridized carbons (Fsp3) is 0.406. The lowest BCUT2D eigenvalue weighted by Crippen LogP contribution is -2.43. The summed E-state index contributed by atoms with van der Waals surface area (Å²) in [7, 11) is 2.15. The van der Waals surface area contributed by atoms with E-state index < -0.39 is 0 Å². The minimum atomic E-state index is -0.202. The average Bonchev–Trinajstić information content (AvgIpc) is 2.96. The molecular weight excluding hydrogens is 500 g/mol. The summed E-state index contributed by atoms with van der Waals surface area (Å²) in [6.45, 7) is 11.1. The lowest BCUT2D eigenvalue weighted by atomic mass is 10.0. The highest BCUT2D eigenvalue weighted by atomic mass is 16.2. The van der Waals surface area contributed by atoms with Gasteiger partial charge in [-0.3, -0.25) is 14.5 Å². The van der Waals surface area contributed by atoms with Crippen LogP contribution in [0.15, 0.2) is 60.8 Å². The van der Waals surface area contributed by atoms with Crippen molar-refractivity contribution in [3.05, 3.63) is 83.0 Å². The molecule has 0 aliphatic carbocycles. The van der Waals surface area contributed by atoms with Gasteiger partial charge in [0.25, 0.3) is 11.8 Å². The minimum absolute atomic E-state index is 0.165. The zero-order valence-electron chi connectivity index (χ0n) is 23.8. The summed E-state index contributed by atoms with van der Waals surface area (Å²) in [4.78, 5) is 37.8. The lowest BCUT2D eigenvalue weighted by molar-refractivity contribution is 0.101. The van der Waals surface area contributed by atoms with E-state index in [2.05, 4.69) is 50.4 Å². The Bertz CT molecular complexity index is 1350. The van der Waals surface area contributed by atoms with Crippen molar-refractivity contribution >= 4 is 29.0 Å². The molecule has 3 aromatic rings. The van der Waals surface area contributed by atoms with E-state index in [1.54, 1.807) is 12.3 Å². The molecule has 5 rings (SSSR count). The Morgan fingerprint density at radius 1 is 0.925 bits per heavy atom. The van der Waals surface area contributed by atoms with Gasteiger partial charge in [0.2, 0.25) is 0 Å². The van der Waals surface area contributed by atoms with Gasteiger partial charge in [-0.1, -0.05) is 25.1 Å². The quantitative estimate of drug-likeness (QED) is 0.445. The summed E-state index contributed by atoms with van der Waals surface area (Å²) in [5.74, 6) is 1.09. The van der Waals surface area contributed by atoms with Crippen LogP contribution in [-0.4, -0.2) is 72.9 Å². The summed E-state index contributed by atoms with van der Waals surface area (Å²) in [6, 6.07) is 17.0. The average molecular weight is 541 g/mol. The summed E-state index contributed by atoms with van der Waals surface area (Å²) in [5.41, 5.74) is 4.53. The standard InChI is InChI=1S/C32H40N6O2/c1-23-6-5-13-38(21-23)30-19-27(11-12-33-30)31(39)34-28-10-9-24(2)29(20-28)35-32(40)26-8-4-7-25(18-26)22-37-16-14-36(3)15-17-37/h4,7-12,18-20,23H,5-6,13-17,21-22H2,1-3H3,(H,34,39)(H,35,40). The molecule has 1 atom stereocenters. The molecule has 0 saturated carbocycles. The fourth-order valence-electron chi connectivity index (χ4n) is 5.44. The van der Waals surface area contributed by atoms with Gasteiger partial charge in [0.05, 0.1) is 0 Å². The van der Waals surface area contributed by atoms with E-state index in [1.165, 1.54) is 6.42 Å². The number of pyridine rings is 1. The second-order valence-electron chi connectivity index (χ2n) is 11.3. The first-order valence-electron chi connectivity index (χ1n) is 14.3. The van der Waals surface area contributed by atoms with Crippen LogP contribution in [0.1, 0.15) is 51.6 Å². The molecule has 0 bridgehead atoms. The molecule has 210 valence electrons. The number of anilines is 3. The summed E-state index contributed by atoms with van der Waals surface area (Å²) in [5, 5.41) is 6.04. The van der Waals surface area contributed by atoms with Crippen molar-refractivity contribution in [3.63, 3.8) is 0 Å². The number of carbonyl (C=O) groups is 2. The monoisotopic (exact) mass is 540 g/mol. The van der Waals surface area contributed by atoms with Crippen molar-refractivity contribution in [1.29, 1.82) is 0 Å². The zero-order chi connectivity index (χ0) is 28.1. The van der Waals surface area contributed by atoms with E-state index in [-0.39, 0.29) is 11.8 Å². The lowest BCUT2D eigenvalue weighted by Gasteiger charge is -2.32. The molecule has 2 aliphatic rings. The number of nitrogens with one attached hydrogen (secondary N) is 2. The molecule has 2 amide bonds. The third kappa shape index (κ3) is 7.06. The molecule has 2 aromatic carbocycles. The molecule has 8 heteroatoms. The van der Waals surface area contributed by atoms with Gasteiger partial charge < -0.3 is 20.4 Å². The van der Waals surface area contributed by atoms with Crippen LogP contribution in [0.25, 0.3) is 0 Å². The van der Waals surface area contributed by atoms with Crippen molar-refractivity contribution in [2.45, 2.75) is 33.2 Å². The first-order valence-corrected chi connectivity index (χ1v) is 14.3. The second-order valence-corrected chi connectivity index (χ2v) is 11.3. The topological polar surface area (TPSA) is 80.8 Å². The maximum atomic E-state index is 13.2. The number of rotatable bonds is 7. The SMILES string of the molecule is Cc1ccc(NC(=O)c2ccnc(N3CCCC(C)C3)c2)cc1NC(=O)c1cccc(CN2CCN(C)CC2)c1. The van der Waals surface area contributed by atoms with Gasteiger partial charge in [0.15, 0.2) is 0 Å². The van der Waals surface area contributed by atoms with Gasteiger partial charge in [-0.25, -0.2) is 4.98 Å². The Balaban J connectivity index is 1.23. The number of carbonyl (C=O) groups excluding carboxylic acids is 2. The number of nitrogens with zero attached hydrogens (tertiary/aromatic N) is 4. The van der Waals surface area contributed by atoms with E-state index in [0.29, 0.717) is 28.4 Å². The number of hydrogen-bond acceptors (Lipinski definition) is 6. The first kappa shape index (κ1) is 27.8. The highest BCUT2D eigenvalue weighted by Gasteiger charge is 2.19. The molecular formula is C32H40N6O2. The molecule has 0 spiro atoms. The number of hydrogen-bond donors (Lipinski definition) is 2. The van der Waals surface area contributed by atoms with Crippen molar-refractivity contribution in [1.82, 2.24) is 14.8 Å². The van der Waals surface area contributed by atoms with E-state index in [4.69, 9.17) is 0 Å². The fourth-order valence-corrected chi connectivity index (χ4v) is 5.44. The molecule has 1 aromatic heterocycles. The van der Waals surface area contributed by atoms with E-state index in [9.17, 15) is 9.59 Å². The molecule has 0 radical (unpaired) electrons. The number of piperazine rings is 1. The van der Waals surface area contributed by atoms with Crippen LogP contribution in [-0.2, 0) is 6.54 Å². The van der Waals surface area contributed by atoms with Gasteiger partial charge in [-0.05, 0) is 80.3 Å². The van der Waals surface area contributed by atoms with Crippen LogP contribution < -0.4 is 15.5 Å². The molecule has 2 aliphatic heterocycles. The normalized spacial score (nSPS) is 18.4. The highest BCUT2D eigenvalue weighted by Crippen LogP contribution is 2.24. The number of piperidine rings is 1. The highest BCUT2D eigenvalue weighted by molar-refractivity contribution is 6.07. The molecule has 2 saturated heterocycles. The molecule has 1 unspecified atom stereocenters. The van der Waals surface area contributed by atoms with Crippen molar-refractivity contribution in [2.24, 2.45) is 5.92 Å². The van der Waals surface area contributed by atoms with Crippen LogP contribution in [0, 0.1) is 12.8 Å². The van der Waals surface area contributed by atoms with E-state index in [1.807, 2.05) is 49.4 Å². The minimum Gasteiger partial charge on any atom is -0.356 e. The van der Waals surface area contributed by atoms with Crippen LogP contribution >= 0.6 is 0 Å². The Labute approximate surface area is 237 Å². The summed E-state index contributed by atoms with van der Waals surface area (Å²) in [6.07, 6.45) is 4.06. The van der Waals surface area contributed by atoms with Gasteiger partial charge in [-0.15, -0.1) is 0 Å². The van der Waals surface area contributed by atoms with Crippen molar-refractivity contribution < 1.29 is 9.59 Å². The smallest absolute Gasteiger partial charge is 0.255 e. The number of aryl methyl sites for hydroxylation is 1.